The Bertz CT molecular complexity index is 1200. The van der Waals surface area contributed by atoms with Gasteiger partial charge in [0, 0.05) is 19.2 Å². The Balaban J connectivity index is 1.68. The Labute approximate surface area is 162 Å². The van der Waals surface area contributed by atoms with E-state index in [1.165, 1.54) is 34.4 Å². The molecule has 2 aromatic carbocycles. The van der Waals surface area contributed by atoms with Crippen molar-refractivity contribution in [1.29, 1.82) is 0 Å². The molecule has 142 valence electrons. The van der Waals surface area contributed by atoms with Gasteiger partial charge in [0.1, 0.15) is 12.3 Å². The summed E-state index contributed by atoms with van der Waals surface area (Å²) in [7, 11) is 1.81. The molecular weight excluding hydrogens is 384 g/mol. The number of benzene rings is 2. The predicted molar refractivity (Wildman–Crippen MR) is 102 cm³/mol. The fraction of sp³-hybridized carbons (Fsp3) is 0.167. The largest absolute Gasteiger partial charge is 0.482 e. The number of aromatic nitrogens is 1. The van der Waals surface area contributed by atoms with Gasteiger partial charge in [-0.3, -0.25) is 24.6 Å². The van der Waals surface area contributed by atoms with Gasteiger partial charge in [-0.1, -0.05) is 23.5 Å². The van der Waals surface area contributed by atoms with Crippen LogP contribution < -0.4 is 14.4 Å². The van der Waals surface area contributed by atoms with Crippen LogP contribution in [0.1, 0.15) is 0 Å². The van der Waals surface area contributed by atoms with Gasteiger partial charge in [0.25, 0.3) is 17.5 Å². The lowest BCUT2D eigenvalue weighted by molar-refractivity contribution is -0.384. The normalized spacial score (nSPS) is 14.1. The molecule has 1 aliphatic rings. The maximum absolute atomic E-state index is 12.5. The van der Waals surface area contributed by atoms with E-state index in [1.54, 1.807) is 4.57 Å². The lowest BCUT2D eigenvalue weighted by Gasteiger charge is -2.27. The predicted octanol–water partition coefficient (Wildman–Crippen LogP) is 2.00. The highest BCUT2D eigenvalue weighted by Crippen LogP contribution is 2.35. The topological polar surface area (TPSA) is 107 Å². The van der Waals surface area contributed by atoms with Gasteiger partial charge in [0.2, 0.25) is 0 Å². The molecule has 0 saturated heterocycles. The van der Waals surface area contributed by atoms with Crippen molar-refractivity contribution >= 4 is 44.7 Å². The van der Waals surface area contributed by atoms with Crippen molar-refractivity contribution in [2.45, 2.75) is 0 Å². The van der Waals surface area contributed by atoms with Gasteiger partial charge in [-0.15, -0.1) is 0 Å². The van der Waals surface area contributed by atoms with Gasteiger partial charge in [-0.25, -0.2) is 0 Å². The fourth-order valence-electron chi connectivity index (χ4n) is 2.94. The third kappa shape index (κ3) is 3.14. The summed E-state index contributed by atoms with van der Waals surface area (Å²) >= 11 is 1.37. The second-order valence-corrected chi connectivity index (χ2v) is 7.10. The van der Waals surface area contributed by atoms with E-state index in [-0.39, 0.29) is 24.5 Å². The van der Waals surface area contributed by atoms with E-state index in [2.05, 4.69) is 4.99 Å². The zero-order valence-electron chi connectivity index (χ0n) is 14.7. The number of nitro groups is 1. The maximum Gasteiger partial charge on any atom is 0.271 e. The first-order valence-corrected chi connectivity index (χ1v) is 9.09. The average Bonchev–Trinajstić information content (AvgIpc) is 2.99. The first kappa shape index (κ1) is 17.9. The molecule has 2 heterocycles. The molecule has 9 nitrogen and oxygen atoms in total. The minimum Gasteiger partial charge on any atom is -0.482 e. The zero-order valence-corrected chi connectivity index (χ0v) is 15.5. The highest BCUT2D eigenvalue weighted by molar-refractivity contribution is 7.16. The van der Waals surface area contributed by atoms with Gasteiger partial charge < -0.3 is 9.30 Å². The number of fused-ring (bicyclic) bond motifs is 2. The van der Waals surface area contributed by atoms with E-state index in [0.29, 0.717) is 10.6 Å². The average molecular weight is 398 g/mol. The Morgan fingerprint density at radius 2 is 2.11 bits per heavy atom. The van der Waals surface area contributed by atoms with E-state index in [4.69, 9.17) is 4.74 Å². The monoisotopic (exact) mass is 398 g/mol. The van der Waals surface area contributed by atoms with E-state index >= 15 is 0 Å². The van der Waals surface area contributed by atoms with Gasteiger partial charge >= 0.3 is 0 Å². The van der Waals surface area contributed by atoms with Crippen molar-refractivity contribution in [2.24, 2.45) is 12.0 Å². The molecule has 0 radical (unpaired) electrons. The molecule has 28 heavy (non-hydrogen) atoms. The molecule has 1 aliphatic heterocycles. The first-order chi connectivity index (χ1) is 13.4. The first-order valence-electron chi connectivity index (χ1n) is 8.28. The van der Waals surface area contributed by atoms with Crippen molar-refractivity contribution in [2.75, 3.05) is 18.1 Å². The number of hydrogen-bond acceptors (Lipinski definition) is 6. The molecule has 3 aromatic rings. The lowest BCUT2D eigenvalue weighted by Crippen LogP contribution is -2.42. The quantitative estimate of drug-likeness (QED) is 0.495. The lowest BCUT2D eigenvalue weighted by atomic mass is 10.2. The van der Waals surface area contributed by atoms with Crippen LogP contribution in [-0.2, 0) is 16.6 Å². The molecule has 0 aliphatic carbocycles. The molecule has 0 N–H and O–H groups in total. The number of rotatable bonds is 3. The van der Waals surface area contributed by atoms with Crippen LogP contribution in [0.2, 0.25) is 0 Å². The van der Waals surface area contributed by atoms with Crippen molar-refractivity contribution in [3.8, 4) is 5.75 Å². The Morgan fingerprint density at radius 1 is 1.32 bits per heavy atom. The van der Waals surface area contributed by atoms with Crippen LogP contribution >= 0.6 is 11.3 Å². The van der Waals surface area contributed by atoms with Crippen molar-refractivity contribution < 1.29 is 19.2 Å². The number of thiazole rings is 1. The molecule has 10 heteroatoms. The summed E-state index contributed by atoms with van der Waals surface area (Å²) in [5, 5.41) is 11.0. The van der Waals surface area contributed by atoms with Crippen LogP contribution in [0.25, 0.3) is 10.2 Å². The standard InChI is InChI=1S/C18H14N4O5S/c1-20-12-4-2-3-5-15(12)28-18(20)19-16(23)9-21-13-8-11(22(25)26)6-7-14(13)27-10-17(21)24/h2-8H,9-10H2,1H3. The molecule has 0 saturated carbocycles. The van der Waals surface area contributed by atoms with Crippen LogP contribution in [-0.4, -0.2) is 34.5 Å². The number of non-ortho nitro benzene ring substituents is 1. The number of aryl methyl sites for hydroxylation is 1. The molecule has 0 bridgehead atoms. The molecule has 0 spiro atoms. The van der Waals surface area contributed by atoms with Crippen LogP contribution in [0.4, 0.5) is 11.4 Å². The summed E-state index contributed by atoms with van der Waals surface area (Å²) in [5.74, 6) is -0.683. The van der Waals surface area contributed by atoms with Gasteiger partial charge in [0.05, 0.1) is 20.8 Å². The van der Waals surface area contributed by atoms with Gasteiger partial charge in [-0.2, -0.15) is 4.99 Å². The summed E-state index contributed by atoms with van der Waals surface area (Å²) in [4.78, 5) is 41.1. The maximum atomic E-state index is 12.5. The van der Waals surface area contributed by atoms with E-state index in [1.807, 2.05) is 31.3 Å². The molecule has 0 atom stereocenters. The Kier molecular flexibility index (Phi) is 4.40. The fourth-order valence-corrected chi connectivity index (χ4v) is 3.98. The highest BCUT2D eigenvalue weighted by atomic mass is 32.1. The number of nitro benzene ring substituents is 1. The van der Waals surface area contributed by atoms with Crippen LogP contribution in [0.3, 0.4) is 0 Å². The molecule has 1 aromatic heterocycles. The van der Waals surface area contributed by atoms with Crippen LogP contribution in [0.15, 0.2) is 47.5 Å². The van der Waals surface area contributed by atoms with Gasteiger partial charge in [-0.05, 0) is 18.2 Å². The van der Waals surface area contributed by atoms with Crippen molar-refractivity contribution in [1.82, 2.24) is 4.57 Å². The molecule has 0 unspecified atom stereocenters. The smallest absolute Gasteiger partial charge is 0.271 e. The van der Waals surface area contributed by atoms with Crippen molar-refractivity contribution in [3.05, 3.63) is 57.4 Å². The number of nitrogens with zero attached hydrogens (tertiary/aromatic N) is 4. The number of carbonyl (C=O) groups excluding carboxylic acids is 2. The van der Waals surface area contributed by atoms with E-state index in [0.717, 1.165) is 10.2 Å². The number of ether oxygens (including phenoxy) is 1. The minimum absolute atomic E-state index is 0.190. The van der Waals surface area contributed by atoms with Gasteiger partial charge in [0.15, 0.2) is 11.4 Å². The summed E-state index contributed by atoms with van der Waals surface area (Å²) in [5.41, 5.74) is 0.944. The SMILES string of the molecule is Cn1c(=NC(=O)CN2C(=O)COc3ccc([N+](=O)[O-])cc32)sc2ccccc21. The third-order valence-electron chi connectivity index (χ3n) is 4.32. The molecule has 0 fully saturated rings. The number of anilines is 1. The van der Waals surface area contributed by atoms with Crippen LogP contribution in [0.5, 0.6) is 5.75 Å². The summed E-state index contributed by atoms with van der Waals surface area (Å²) in [6.07, 6.45) is 0. The number of carbonyl (C=O) groups is 2. The third-order valence-corrected chi connectivity index (χ3v) is 5.44. The number of amides is 2. The summed E-state index contributed by atoms with van der Waals surface area (Å²) < 4.78 is 8.09. The molecular formula is C18H14N4O5S. The van der Waals surface area contributed by atoms with E-state index < -0.39 is 16.7 Å². The molecule has 2 amide bonds. The second-order valence-electron chi connectivity index (χ2n) is 6.09. The highest BCUT2D eigenvalue weighted by Gasteiger charge is 2.29. The Morgan fingerprint density at radius 3 is 2.86 bits per heavy atom. The van der Waals surface area contributed by atoms with Crippen LogP contribution in [0, 0.1) is 10.1 Å². The second kappa shape index (κ2) is 6.89. The number of para-hydroxylation sites is 1. The number of hydrogen-bond donors (Lipinski definition) is 0. The minimum atomic E-state index is -0.569. The molecule has 4 rings (SSSR count). The Hall–Kier alpha value is -3.53. The zero-order chi connectivity index (χ0) is 19.8. The summed E-state index contributed by atoms with van der Waals surface area (Å²) in [6.45, 7) is -0.570. The summed E-state index contributed by atoms with van der Waals surface area (Å²) in [6, 6.07) is 11.6. The van der Waals surface area contributed by atoms with Crippen molar-refractivity contribution in [3.63, 3.8) is 0 Å². The van der Waals surface area contributed by atoms with E-state index in [9.17, 15) is 19.7 Å².